The zero-order valence-corrected chi connectivity index (χ0v) is 14.5. The minimum atomic E-state index is -0.152. The molecule has 1 aliphatic carbocycles. The molecule has 2 aliphatic rings. The molecule has 1 heterocycles. The van der Waals surface area contributed by atoms with Gasteiger partial charge in [-0.25, -0.2) is 0 Å². The molecule has 2 fully saturated rings. The predicted octanol–water partition coefficient (Wildman–Crippen LogP) is 1.16. The van der Waals surface area contributed by atoms with E-state index in [0.717, 1.165) is 12.8 Å². The molecule has 3 N–H and O–H groups in total. The number of rotatable bonds is 7. The summed E-state index contributed by atoms with van der Waals surface area (Å²) < 4.78 is 5.52. The SMILES string of the molecule is NC(CNC(=O)C1CCCN(C(=O)COc2ccccc2)C1)C1CC1. The molecule has 2 atom stereocenters. The van der Waals surface area contributed by atoms with Crippen LogP contribution in [0, 0.1) is 11.8 Å². The van der Waals surface area contributed by atoms with Gasteiger partial charge >= 0.3 is 0 Å². The Kier molecular flexibility index (Phi) is 5.91. The molecule has 2 amide bonds. The summed E-state index contributed by atoms with van der Waals surface area (Å²) in [6.45, 7) is 1.68. The zero-order chi connectivity index (χ0) is 17.6. The Labute approximate surface area is 148 Å². The normalized spacial score (nSPS) is 21.5. The number of para-hydroxylation sites is 1. The first kappa shape index (κ1) is 17.7. The van der Waals surface area contributed by atoms with Crippen LogP contribution in [-0.4, -0.2) is 49.0 Å². The van der Waals surface area contributed by atoms with Gasteiger partial charge in [0.2, 0.25) is 5.91 Å². The van der Waals surface area contributed by atoms with E-state index in [1.54, 1.807) is 4.90 Å². The summed E-state index contributed by atoms with van der Waals surface area (Å²) in [6.07, 6.45) is 3.99. The predicted molar refractivity (Wildman–Crippen MR) is 95.0 cm³/mol. The molecule has 1 saturated carbocycles. The Hall–Kier alpha value is -2.08. The molecule has 0 bridgehead atoms. The molecule has 0 aromatic heterocycles. The lowest BCUT2D eigenvalue weighted by Crippen LogP contribution is -2.48. The summed E-state index contributed by atoms with van der Waals surface area (Å²) in [6, 6.07) is 9.34. The first-order valence-corrected chi connectivity index (χ1v) is 9.12. The first-order chi connectivity index (χ1) is 12.1. The topological polar surface area (TPSA) is 84.7 Å². The maximum Gasteiger partial charge on any atom is 0.260 e. The van der Waals surface area contributed by atoms with Gasteiger partial charge in [-0.1, -0.05) is 18.2 Å². The van der Waals surface area contributed by atoms with E-state index in [1.165, 1.54) is 12.8 Å². The number of carbonyl (C=O) groups is 2. The van der Waals surface area contributed by atoms with E-state index in [2.05, 4.69) is 5.32 Å². The molecule has 25 heavy (non-hydrogen) atoms. The van der Waals surface area contributed by atoms with E-state index >= 15 is 0 Å². The summed E-state index contributed by atoms with van der Waals surface area (Å²) in [5.41, 5.74) is 6.03. The summed E-state index contributed by atoms with van der Waals surface area (Å²) in [4.78, 5) is 26.4. The van der Waals surface area contributed by atoms with Crippen LogP contribution in [0.3, 0.4) is 0 Å². The smallest absolute Gasteiger partial charge is 0.260 e. The molecule has 1 aromatic carbocycles. The van der Waals surface area contributed by atoms with E-state index in [4.69, 9.17) is 10.5 Å². The van der Waals surface area contributed by atoms with Crippen molar-refractivity contribution in [2.45, 2.75) is 31.7 Å². The van der Waals surface area contributed by atoms with Crippen molar-refractivity contribution in [1.82, 2.24) is 10.2 Å². The second-order valence-electron chi connectivity index (χ2n) is 7.03. The van der Waals surface area contributed by atoms with E-state index in [-0.39, 0.29) is 30.4 Å². The Morgan fingerprint density at radius 3 is 2.72 bits per heavy atom. The largest absolute Gasteiger partial charge is 0.484 e. The maximum absolute atomic E-state index is 12.4. The molecule has 0 spiro atoms. The lowest BCUT2D eigenvalue weighted by atomic mass is 9.97. The number of ether oxygens (including phenoxy) is 1. The Bertz CT molecular complexity index is 589. The van der Waals surface area contributed by atoms with Crippen molar-refractivity contribution in [3.05, 3.63) is 30.3 Å². The summed E-state index contributed by atoms with van der Waals surface area (Å²) in [5.74, 6) is 1.03. The van der Waals surface area contributed by atoms with Crippen molar-refractivity contribution in [3.63, 3.8) is 0 Å². The molecular formula is C19H27N3O3. The average Bonchev–Trinajstić information content (AvgIpc) is 3.50. The molecular weight excluding hydrogens is 318 g/mol. The van der Waals surface area contributed by atoms with Gasteiger partial charge in [-0.2, -0.15) is 0 Å². The van der Waals surface area contributed by atoms with Crippen LogP contribution in [0.2, 0.25) is 0 Å². The fourth-order valence-electron chi connectivity index (χ4n) is 3.22. The second-order valence-corrected chi connectivity index (χ2v) is 7.03. The standard InChI is InChI=1S/C19H27N3O3/c20-17(14-8-9-14)11-21-19(24)15-5-4-10-22(12-15)18(23)13-25-16-6-2-1-3-7-16/h1-3,6-7,14-15,17H,4-5,8-13,20H2,(H,21,24). The quantitative estimate of drug-likeness (QED) is 0.777. The number of nitrogens with two attached hydrogens (primary N) is 1. The van der Waals surface area contributed by atoms with E-state index in [9.17, 15) is 9.59 Å². The van der Waals surface area contributed by atoms with Gasteiger partial charge in [0.1, 0.15) is 5.75 Å². The van der Waals surface area contributed by atoms with Gasteiger partial charge in [-0.05, 0) is 43.7 Å². The molecule has 6 heteroatoms. The van der Waals surface area contributed by atoms with E-state index in [0.29, 0.717) is 31.3 Å². The third-order valence-corrected chi connectivity index (χ3v) is 4.99. The highest BCUT2D eigenvalue weighted by atomic mass is 16.5. The minimum absolute atomic E-state index is 0.00487. The van der Waals surface area contributed by atoms with Crippen LogP contribution in [0.4, 0.5) is 0 Å². The molecule has 136 valence electrons. The van der Waals surface area contributed by atoms with Gasteiger partial charge in [-0.3, -0.25) is 9.59 Å². The van der Waals surface area contributed by atoms with Gasteiger partial charge in [0.05, 0.1) is 5.92 Å². The Morgan fingerprint density at radius 2 is 2.00 bits per heavy atom. The Morgan fingerprint density at radius 1 is 1.24 bits per heavy atom. The van der Waals surface area contributed by atoms with Crippen LogP contribution in [0.25, 0.3) is 0 Å². The maximum atomic E-state index is 12.4. The number of carbonyl (C=O) groups excluding carboxylic acids is 2. The van der Waals surface area contributed by atoms with E-state index < -0.39 is 0 Å². The molecule has 1 saturated heterocycles. The van der Waals surface area contributed by atoms with Crippen LogP contribution >= 0.6 is 0 Å². The number of benzene rings is 1. The fraction of sp³-hybridized carbons (Fsp3) is 0.579. The highest BCUT2D eigenvalue weighted by Crippen LogP contribution is 2.31. The molecule has 6 nitrogen and oxygen atoms in total. The molecule has 0 radical (unpaired) electrons. The number of hydrogen-bond acceptors (Lipinski definition) is 4. The second kappa shape index (κ2) is 8.34. The average molecular weight is 345 g/mol. The molecule has 1 aliphatic heterocycles. The van der Waals surface area contributed by atoms with E-state index in [1.807, 2.05) is 30.3 Å². The highest BCUT2D eigenvalue weighted by Gasteiger charge is 2.31. The molecule has 3 rings (SSSR count). The number of likely N-dealkylation sites (tertiary alicyclic amines) is 1. The monoisotopic (exact) mass is 345 g/mol. The fourth-order valence-corrected chi connectivity index (χ4v) is 3.22. The van der Waals surface area contributed by atoms with Crippen LogP contribution in [0.15, 0.2) is 30.3 Å². The van der Waals surface area contributed by atoms with Crippen molar-refractivity contribution in [2.75, 3.05) is 26.2 Å². The third kappa shape index (κ3) is 5.19. The lowest BCUT2D eigenvalue weighted by molar-refractivity contribution is -0.137. The number of piperidine rings is 1. The first-order valence-electron chi connectivity index (χ1n) is 9.12. The van der Waals surface area contributed by atoms with Crippen molar-refractivity contribution in [1.29, 1.82) is 0 Å². The molecule has 1 aromatic rings. The van der Waals surface area contributed by atoms with Crippen molar-refractivity contribution < 1.29 is 14.3 Å². The van der Waals surface area contributed by atoms with Crippen molar-refractivity contribution in [3.8, 4) is 5.75 Å². The highest BCUT2D eigenvalue weighted by molar-refractivity contribution is 5.82. The number of nitrogens with zero attached hydrogens (tertiary/aromatic N) is 1. The van der Waals surface area contributed by atoms with Crippen LogP contribution in [0.5, 0.6) is 5.75 Å². The van der Waals surface area contributed by atoms with Crippen LogP contribution in [-0.2, 0) is 9.59 Å². The van der Waals surface area contributed by atoms with Gasteiger partial charge in [0.15, 0.2) is 6.61 Å². The summed E-state index contributed by atoms with van der Waals surface area (Å²) >= 11 is 0. The lowest BCUT2D eigenvalue weighted by Gasteiger charge is -2.32. The summed E-state index contributed by atoms with van der Waals surface area (Å²) in [7, 11) is 0. The Balaban J connectivity index is 1.43. The number of amides is 2. The number of hydrogen-bond donors (Lipinski definition) is 2. The summed E-state index contributed by atoms with van der Waals surface area (Å²) in [5, 5.41) is 2.96. The van der Waals surface area contributed by atoms with Gasteiger partial charge in [-0.15, -0.1) is 0 Å². The molecule has 2 unspecified atom stereocenters. The van der Waals surface area contributed by atoms with Gasteiger partial charge < -0.3 is 20.7 Å². The zero-order valence-electron chi connectivity index (χ0n) is 14.5. The minimum Gasteiger partial charge on any atom is -0.484 e. The van der Waals surface area contributed by atoms with Gasteiger partial charge in [0.25, 0.3) is 5.91 Å². The number of nitrogens with one attached hydrogen (secondary N) is 1. The van der Waals surface area contributed by atoms with Crippen LogP contribution in [0.1, 0.15) is 25.7 Å². The van der Waals surface area contributed by atoms with Gasteiger partial charge in [0, 0.05) is 25.7 Å². The van der Waals surface area contributed by atoms with Crippen LogP contribution < -0.4 is 15.8 Å². The van der Waals surface area contributed by atoms with Crippen molar-refractivity contribution in [2.24, 2.45) is 17.6 Å². The van der Waals surface area contributed by atoms with Crippen molar-refractivity contribution >= 4 is 11.8 Å². The third-order valence-electron chi connectivity index (χ3n) is 4.99.